The number of ether oxygens (including phenoxy) is 1. The quantitative estimate of drug-likeness (QED) is 0.351. The zero-order valence-electron chi connectivity index (χ0n) is 15.6. The van der Waals surface area contributed by atoms with E-state index in [1.165, 1.54) is 43.5 Å². The lowest BCUT2D eigenvalue weighted by atomic mass is 9.53. The molecule has 0 aliphatic heterocycles. The van der Waals surface area contributed by atoms with E-state index in [-0.39, 0.29) is 23.7 Å². The maximum Gasteiger partial charge on any atom is 0.331 e. The maximum atomic E-state index is 12.3. The highest BCUT2D eigenvalue weighted by Gasteiger charge is 2.51. The van der Waals surface area contributed by atoms with E-state index in [0.717, 1.165) is 37.0 Å². The lowest BCUT2D eigenvalue weighted by molar-refractivity contribution is -0.384. The monoisotopic (exact) mass is 384 g/mol. The van der Waals surface area contributed by atoms with E-state index in [1.54, 1.807) is 12.1 Å². The first-order valence-corrected chi connectivity index (χ1v) is 9.81. The highest BCUT2D eigenvalue weighted by atomic mass is 16.6. The Labute approximate surface area is 163 Å². The number of amides is 1. The van der Waals surface area contributed by atoms with Crippen molar-refractivity contribution in [2.24, 2.45) is 17.8 Å². The van der Waals surface area contributed by atoms with Crippen molar-refractivity contribution in [2.75, 3.05) is 6.61 Å². The number of hydrogen-bond donors (Lipinski definition) is 1. The Bertz CT molecular complexity index is 779. The summed E-state index contributed by atoms with van der Waals surface area (Å²) < 4.78 is 5.06. The Morgan fingerprint density at radius 1 is 1.11 bits per heavy atom. The summed E-state index contributed by atoms with van der Waals surface area (Å²) in [5.41, 5.74) is 0.536. The van der Waals surface area contributed by atoms with Gasteiger partial charge in [-0.3, -0.25) is 14.9 Å². The normalized spacial score (nSPS) is 30.4. The first-order chi connectivity index (χ1) is 13.4. The largest absolute Gasteiger partial charge is 0.452 e. The van der Waals surface area contributed by atoms with E-state index in [2.05, 4.69) is 5.32 Å². The van der Waals surface area contributed by atoms with Gasteiger partial charge in [-0.25, -0.2) is 4.79 Å². The molecule has 1 aromatic rings. The van der Waals surface area contributed by atoms with E-state index in [0.29, 0.717) is 5.56 Å². The first kappa shape index (κ1) is 18.7. The number of carbonyl (C=O) groups excluding carboxylic acids is 2. The van der Waals surface area contributed by atoms with Crippen LogP contribution in [0.5, 0.6) is 0 Å². The van der Waals surface area contributed by atoms with E-state index in [9.17, 15) is 19.7 Å². The number of carbonyl (C=O) groups is 2. The first-order valence-electron chi connectivity index (χ1n) is 9.81. The molecule has 4 aliphatic carbocycles. The number of non-ortho nitro benzene ring substituents is 1. The van der Waals surface area contributed by atoms with Crippen molar-refractivity contribution in [1.29, 1.82) is 0 Å². The van der Waals surface area contributed by atoms with Crippen LogP contribution in [0.4, 0.5) is 5.69 Å². The molecule has 4 fully saturated rings. The molecule has 0 saturated heterocycles. The fourth-order valence-electron chi connectivity index (χ4n) is 5.65. The molecule has 7 nitrogen and oxygen atoms in total. The molecular weight excluding hydrogens is 360 g/mol. The number of nitro benzene ring substituents is 1. The Hall–Kier alpha value is -2.70. The maximum absolute atomic E-state index is 12.3. The van der Waals surface area contributed by atoms with E-state index in [4.69, 9.17) is 4.74 Å². The lowest BCUT2D eigenvalue weighted by Gasteiger charge is -2.56. The molecule has 1 N–H and O–H groups in total. The van der Waals surface area contributed by atoms with Crippen molar-refractivity contribution in [3.8, 4) is 0 Å². The molecular formula is C21H24N2O5. The molecule has 1 amide bonds. The van der Waals surface area contributed by atoms with Gasteiger partial charge in [-0.1, -0.05) is 0 Å². The molecule has 148 valence electrons. The third kappa shape index (κ3) is 4.08. The summed E-state index contributed by atoms with van der Waals surface area (Å²) in [7, 11) is 0. The average molecular weight is 384 g/mol. The molecule has 0 aromatic heterocycles. The van der Waals surface area contributed by atoms with E-state index >= 15 is 0 Å². The summed E-state index contributed by atoms with van der Waals surface area (Å²) in [6, 6.07) is 5.82. The molecule has 0 heterocycles. The number of rotatable bonds is 6. The lowest BCUT2D eigenvalue weighted by Crippen LogP contribution is -2.60. The third-order valence-corrected chi connectivity index (χ3v) is 6.30. The number of esters is 1. The second-order valence-electron chi connectivity index (χ2n) is 8.54. The van der Waals surface area contributed by atoms with Crippen LogP contribution in [0, 0.1) is 27.9 Å². The minimum atomic E-state index is -0.612. The Balaban J connectivity index is 1.25. The van der Waals surface area contributed by atoms with Crippen molar-refractivity contribution >= 4 is 23.6 Å². The highest BCUT2D eigenvalue weighted by molar-refractivity contribution is 5.89. The van der Waals surface area contributed by atoms with E-state index < -0.39 is 10.9 Å². The van der Waals surface area contributed by atoms with Crippen molar-refractivity contribution < 1.29 is 19.2 Å². The van der Waals surface area contributed by atoms with Crippen LogP contribution in [-0.4, -0.2) is 28.9 Å². The SMILES string of the molecule is O=C(COC(=O)/C=C/c1ccc([N+](=O)[O-])cc1)NC12CC3CC(CC(C3)C1)C2. The van der Waals surface area contributed by atoms with Crippen molar-refractivity contribution in [1.82, 2.24) is 5.32 Å². The molecule has 0 radical (unpaired) electrons. The van der Waals surface area contributed by atoms with Crippen LogP contribution >= 0.6 is 0 Å². The fraction of sp³-hybridized carbons (Fsp3) is 0.524. The minimum absolute atomic E-state index is 0.0129. The molecule has 1 aromatic carbocycles. The molecule has 0 unspecified atom stereocenters. The molecule has 4 bridgehead atoms. The van der Waals surface area contributed by atoms with Crippen molar-refractivity contribution in [2.45, 2.75) is 44.1 Å². The zero-order valence-corrected chi connectivity index (χ0v) is 15.6. The van der Waals surface area contributed by atoms with Gasteiger partial charge in [0, 0.05) is 23.7 Å². The number of nitrogens with one attached hydrogen (secondary N) is 1. The van der Waals surface area contributed by atoms with Gasteiger partial charge in [0.05, 0.1) is 4.92 Å². The third-order valence-electron chi connectivity index (χ3n) is 6.30. The highest BCUT2D eigenvalue weighted by Crippen LogP contribution is 2.55. The molecule has 4 aliphatic rings. The average Bonchev–Trinajstić information content (AvgIpc) is 2.63. The van der Waals surface area contributed by atoms with Gasteiger partial charge in [0.25, 0.3) is 11.6 Å². The summed E-state index contributed by atoms with van der Waals surface area (Å²) in [6.45, 7) is -0.287. The number of hydrogen-bond acceptors (Lipinski definition) is 5. The van der Waals surface area contributed by atoms with Crippen LogP contribution in [0.3, 0.4) is 0 Å². The second-order valence-corrected chi connectivity index (χ2v) is 8.54. The Morgan fingerprint density at radius 3 is 2.21 bits per heavy atom. The van der Waals surface area contributed by atoms with Gasteiger partial charge in [-0.05, 0) is 80.1 Å². The molecule has 0 spiro atoms. The van der Waals surface area contributed by atoms with Crippen LogP contribution in [0.2, 0.25) is 0 Å². The summed E-state index contributed by atoms with van der Waals surface area (Å²) in [6.07, 6.45) is 9.80. The van der Waals surface area contributed by atoms with Crippen LogP contribution in [0.1, 0.15) is 44.1 Å². The summed E-state index contributed by atoms with van der Waals surface area (Å²) in [4.78, 5) is 34.3. The molecule has 7 heteroatoms. The fourth-order valence-corrected chi connectivity index (χ4v) is 5.65. The minimum Gasteiger partial charge on any atom is -0.452 e. The van der Waals surface area contributed by atoms with Gasteiger partial charge >= 0.3 is 5.97 Å². The topological polar surface area (TPSA) is 98.5 Å². The zero-order chi connectivity index (χ0) is 19.7. The Morgan fingerprint density at radius 2 is 1.68 bits per heavy atom. The van der Waals surface area contributed by atoms with Crippen molar-refractivity contribution in [3.05, 3.63) is 46.0 Å². The number of nitrogens with zero attached hydrogens (tertiary/aromatic N) is 1. The van der Waals surface area contributed by atoms with E-state index in [1.807, 2.05) is 0 Å². The second kappa shape index (κ2) is 7.37. The molecule has 5 rings (SSSR count). The van der Waals surface area contributed by atoms with Gasteiger partial charge in [0.15, 0.2) is 6.61 Å². The summed E-state index contributed by atoms with van der Waals surface area (Å²) >= 11 is 0. The van der Waals surface area contributed by atoms with Gasteiger partial charge in [0.1, 0.15) is 0 Å². The Kier molecular flexibility index (Phi) is 4.91. The predicted molar refractivity (Wildman–Crippen MR) is 102 cm³/mol. The summed E-state index contributed by atoms with van der Waals surface area (Å²) in [5, 5.41) is 13.8. The van der Waals surface area contributed by atoms with Crippen LogP contribution in [-0.2, 0) is 14.3 Å². The van der Waals surface area contributed by atoms with Gasteiger partial charge in [-0.15, -0.1) is 0 Å². The van der Waals surface area contributed by atoms with Crippen LogP contribution in [0.15, 0.2) is 30.3 Å². The van der Waals surface area contributed by atoms with Crippen LogP contribution < -0.4 is 5.32 Å². The van der Waals surface area contributed by atoms with Gasteiger partial charge < -0.3 is 10.1 Å². The van der Waals surface area contributed by atoms with Crippen LogP contribution in [0.25, 0.3) is 6.08 Å². The number of benzene rings is 1. The number of nitro groups is 1. The van der Waals surface area contributed by atoms with Gasteiger partial charge in [-0.2, -0.15) is 0 Å². The molecule has 28 heavy (non-hydrogen) atoms. The van der Waals surface area contributed by atoms with Gasteiger partial charge in [0.2, 0.25) is 0 Å². The standard InChI is InChI=1S/C21H24N2O5/c24-19(22-21-10-15-7-16(11-21)9-17(8-15)12-21)13-28-20(25)6-3-14-1-4-18(5-2-14)23(26)27/h1-6,15-17H,7-13H2,(H,22,24)/b6-3+. The smallest absolute Gasteiger partial charge is 0.331 e. The molecule has 4 saturated carbocycles. The molecule has 0 atom stereocenters. The van der Waals surface area contributed by atoms with Crippen molar-refractivity contribution in [3.63, 3.8) is 0 Å². The summed E-state index contributed by atoms with van der Waals surface area (Å²) in [5.74, 6) is 1.36. The predicted octanol–water partition coefficient (Wildman–Crippen LogP) is 3.24.